The Kier molecular flexibility index (Phi) is 3.94. The van der Waals surface area contributed by atoms with E-state index in [1.165, 1.54) is 0 Å². The number of aromatic nitrogens is 4. The predicted octanol–water partition coefficient (Wildman–Crippen LogP) is 0.781. The molecule has 8 heteroatoms. The van der Waals surface area contributed by atoms with Crippen LogP contribution in [0.3, 0.4) is 0 Å². The topological polar surface area (TPSA) is 76.5 Å². The zero-order valence-corrected chi connectivity index (χ0v) is 14.7. The first-order chi connectivity index (χ1) is 12.8. The van der Waals surface area contributed by atoms with E-state index in [1.54, 1.807) is 12.4 Å². The highest BCUT2D eigenvalue weighted by Gasteiger charge is 2.45. The van der Waals surface area contributed by atoms with Crippen LogP contribution in [-0.4, -0.2) is 65.9 Å². The molecule has 0 aliphatic carbocycles. The average molecular weight is 354 g/mol. The van der Waals surface area contributed by atoms with Crippen molar-refractivity contribution in [3.63, 3.8) is 0 Å². The number of morpholine rings is 1. The van der Waals surface area contributed by atoms with Gasteiger partial charge in [-0.25, -0.2) is 19.9 Å². The lowest BCUT2D eigenvalue weighted by Gasteiger charge is -2.35. The largest absolute Gasteiger partial charge is 0.378 e. The summed E-state index contributed by atoms with van der Waals surface area (Å²) in [6.45, 7) is 6.14. The van der Waals surface area contributed by atoms with E-state index in [-0.39, 0.29) is 5.41 Å². The normalized spacial score (nSPS) is 25.5. The third-order valence-electron chi connectivity index (χ3n) is 5.47. The highest BCUT2D eigenvalue weighted by atomic mass is 16.5. The summed E-state index contributed by atoms with van der Waals surface area (Å²) >= 11 is 0. The minimum absolute atomic E-state index is 0.114. The van der Waals surface area contributed by atoms with Gasteiger partial charge in [-0.1, -0.05) is 0 Å². The molecule has 0 N–H and O–H groups in total. The van der Waals surface area contributed by atoms with Gasteiger partial charge in [0.2, 0.25) is 11.9 Å². The van der Waals surface area contributed by atoms with Gasteiger partial charge in [-0.05, 0) is 12.5 Å². The van der Waals surface area contributed by atoms with Gasteiger partial charge in [0.05, 0.1) is 37.5 Å². The lowest BCUT2D eigenvalue weighted by Crippen LogP contribution is -2.42. The van der Waals surface area contributed by atoms with Crippen LogP contribution in [0.15, 0.2) is 24.7 Å². The van der Waals surface area contributed by atoms with Crippen molar-refractivity contribution in [3.8, 4) is 0 Å². The lowest BCUT2D eigenvalue weighted by atomic mass is 9.80. The van der Waals surface area contributed by atoms with Gasteiger partial charge in [0, 0.05) is 50.3 Å². The van der Waals surface area contributed by atoms with Crippen molar-refractivity contribution in [1.29, 1.82) is 0 Å². The van der Waals surface area contributed by atoms with Crippen LogP contribution in [0.25, 0.3) is 0 Å². The summed E-state index contributed by atoms with van der Waals surface area (Å²) in [5.41, 5.74) is 2.12. The van der Waals surface area contributed by atoms with Gasteiger partial charge in [-0.2, -0.15) is 0 Å². The van der Waals surface area contributed by atoms with E-state index in [4.69, 9.17) is 14.5 Å². The second-order valence-corrected chi connectivity index (χ2v) is 7.14. The van der Waals surface area contributed by atoms with Gasteiger partial charge in [-0.15, -0.1) is 0 Å². The average Bonchev–Trinajstić information content (AvgIpc) is 3.14. The minimum atomic E-state index is -0.114. The van der Waals surface area contributed by atoms with Crippen molar-refractivity contribution in [2.24, 2.45) is 0 Å². The molecular formula is C18H22N6O2. The molecule has 0 aromatic carbocycles. The molecule has 3 aliphatic heterocycles. The summed E-state index contributed by atoms with van der Waals surface area (Å²) in [7, 11) is 0. The van der Waals surface area contributed by atoms with Crippen LogP contribution in [0.1, 0.15) is 17.7 Å². The Morgan fingerprint density at radius 2 is 1.77 bits per heavy atom. The predicted molar refractivity (Wildman–Crippen MR) is 95.3 cm³/mol. The molecule has 5 rings (SSSR count). The summed E-state index contributed by atoms with van der Waals surface area (Å²) < 4.78 is 11.4. The molecule has 8 nitrogen and oxygen atoms in total. The van der Waals surface area contributed by atoms with Crippen molar-refractivity contribution in [1.82, 2.24) is 19.9 Å². The van der Waals surface area contributed by atoms with Gasteiger partial charge in [0.1, 0.15) is 0 Å². The number of hydrogen-bond acceptors (Lipinski definition) is 8. The molecule has 0 bridgehead atoms. The van der Waals surface area contributed by atoms with Crippen molar-refractivity contribution in [2.75, 3.05) is 55.8 Å². The molecule has 26 heavy (non-hydrogen) atoms. The van der Waals surface area contributed by atoms with Crippen LogP contribution in [0.4, 0.5) is 11.9 Å². The number of fused-ring (bicyclic) bond motifs is 2. The SMILES string of the molecule is c1cnc(N2CC[C@@]3(COCc4cnc(N5CCOCC5)nc43)C2)nc1. The molecule has 0 unspecified atom stereocenters. The van der Waals surface area contributed by atoms with E-state index in [0.717, 1.165) is 69.0 Å². The summed E-state index contributed by atoms with van der Waals surface area (Å²) in [5.74, 6) is 1.58. The monoisotopic (exact) mass is 354 g/mol. The van der Waals surface area contributed by atoms with Gasteiger partial charge < -0.3 is 19.3 Å². The van der Waals surface area contributed by atoms with E-state index < -0.39 is 0 Å². The van der Waals surface area contributed by atoms with Crippen LogP contribution in [0.2, 0.25) is 0 Å². The Morgan fingerprint density at radius 1 is 0.923 bits per heavy atom. The zero-order chi connectivity index (χ0) is 17.4. The fourth-order valence-electron chi connectivity index (χ4n) is 4.11. The van der Waals surface area contributed by atoms with Crippen LogP contribution >= 0.6 is 0 Å². The highest BCUT2D eigenvalue weighted by molar-refractivity contribution is 5.43. The number of rotatable bonds is 2. The maximum atomic E-state index is 5.92. The first kappa shape index (κ1) is 15.9. The molecule has 1 spiro atoms. The fourth-order valence-corrected chi connectivity index (χ4v) is 4.11. The number of anilines is 2. The Bertz CT molecular complexity index is 783. The highest BCUT2D eigenvalue weighted by Crippen LogP contribution is 2.40. The maximum Gasteiger partial charge on any atom is 0.225 e. The third-order valence-corrected chi connectivity index (χ3v) is 5.47. The second-order valence-electron chi connectivity index (χ2n) is 7.14. The molecule has 2 aromatic rings. The summed E-state index contributed by atoms with van der Waals surface area (Å²) in [6.07, 6.45) is 6.50. The smallest absolute Gasteiger partial charge is 0.225 e. The molecule has 136 valence electrons. The summed E-state index contributed by atoms with van der Waals surface area (Å²) in [6, 6.07) is 1.84. The van der Waals surface area contributed by atoms with Crippen molar-refractivity contribution >= 4 is 11.9 Å². The number of nitrogens with zero attached hydrogens (tertiary/aromatic N) is 6. The van der Waals surface area contributed by atoms with Gasteiger partial charge in [0.25, 0.3) is 0 Å². The van der Waals surface area contributed by atoms with Gasteiger partial charge >= 0.3 is 0 Å². The van der Waals surface area contributed by atoms with E-state index in [9.17, 15) is 0 Å². The Morgan fingerprint density at radius 3 is 2.62 bits per heavy atom. The van der Waals surface area contributed by atoms with E-state index >= 15 is 0 Å². The third kappa shape index (κ3) is 2.69. The molecule has 0 radical (unpaired) electrons. The molecule has 0 amide bonds. The Balaban J connectivity index is 1.47. The van der Waals surface area contributed by atoms with Crippen LogP contribution in [0, 0.1) is 0 Å². The summed E-state index contributed by atoms with van der Waals surface area (Å²) in [4.78, 5) is 22.8. The van der Waals surface area contributed by atoms with Crippen molar-refractivity contribution in [3.05, 3.63) is 35.9 Å². The first-order valence-corrected chi connectivity index (χ1v) is 9.13. The molecule has 0 saturated carbocycles. The number of hydrogen-bond donors (Lipinski definition) is 0. The lowest BCUT2D eigenvalue weighted by molar-refractivity contribution is 0.0555. The van der Waals surface area contributed by atoms with Crippen LogP contribution in [0.5, 0.6) is 0 Å². The minimum Gasteiger partial charge on any atom is -0.378 e. The molecule has 1 atom stereocenters. The quantitative estimate of drug-likeness (QED) is 0.783. The standard InChI is InChI=1S/C18H22N6O2/c1-3-19-16(20-4-1)24-5-2-18(12-24)13-26-11-14-10-21-17(22-15(14)18)23-6-8-25-9-7-23/h1,3-4,10H,2,5-9,11-13H2/t18-/m0/s1. The maximum absolute atomic E-state index is 5.92. The first-order valence-electron chi connectivity index (χ1n) is 9.13. The molecule has 5 heterocycles. The fraction of sp³-hybridized carbons (Fsp3) is 0.556. The van der Waals surface area contributed by atoms with Crippen LogP contribution in [-0.2, 0) is 21.5 Å². The molecule has 2 fully saturated rings. The Hall–Kier alpha value is -2.32. The van der Waals surface area contributed by atoms with E-state index in [2.05, 4.69) is 24.8 Å². The van der Waals surface area contributed by atoms with Gasteiger partial charge in [-0.3, -0.25) is 0 Å². The molecular weight excluding hydrogens is 332 g/mol. The van der Waals surface area contributed by atoms with Gasteiger partial charge in [0.15, 0.2) is 0 Å². The Labute approximate surface area is 152 Å². The summed E-state index contributed by atoms with van der Waals surface area (Å²) in [5, 5.41) is 0. The van der Waals surface area contributed by atoms with E-state index in [0.29, 0.717) is 13.2 Å². The molecule has 3 aliphatic rings. The van der Waals surface area contributed by atoms with Crippen LogP contribution < -0.4 is 9.80 Å². The molecule has 2 saturated heterocycles. The van der Waals surface area contributed by atoms with E-state index in [1.807, 2.05) is 12.3 Å². The molecule has 2 aromatic heterocycles. The number of ether oxygens (including phenoxy) is 2. The van der Waals surface area contributed by atoms with Crippen molar-refractivity contribution in [2.45, 2.75) is 18.4 Å². The zero-order valence-electron chi connectivity index (χ0n) is 14.7. The van der Waals surface area contributed by atoms with Crippen molar-refractivity contribution < 1.29 is 9.47 Å². The second kappa shape index (κ2) is 6.44.